The van der Waals surface area contributed by atoms with Gasteiger partial charge >= 0.3 is 0 Å². The first-order chi connectivity index (χ1) is 11.1. The van der Waals surface area contributed by atoms with Crippen LogP contribution in [0.2, 0.25) is 10.0 Å². The fraction of sp³-hybridized carbons (Fsp3) is 0. The SMILES string of the molecule is Fc1cccc(Cl)c1C=Nn1c(-c2ccccc2Cl)n[nH]c1=S. The van der Waals surface area contributed by atoms with Crippen molar-refractivity contribution in [3.05, 3.63) is 68.7 Å². The Balaban J connectivity index is 2.09. The van der Waals surface area contributed by atoms with Crippen LogP contribution in [0.5, 0.6) is 0 Å². The quantitative estimate of drug-likeness (QED) is 0.527. The summed E-state index contributed by atoms with van der Waals surface area (Å²) in [5.41, 5.74) is 0.820. The molecular weight excluding hydrogens is 358 g/mol. The summed E-state index contributed by atoms with van der Waals surface area (Å²) in [6, 6.07) is 11.5. The lowest BCUT2D eigenvalue weighted by atomic mass is 10.2. The fourth-order valence-corrected chi connectivity index (χ4v) is 2.58. The zero-order chi connectivity index (χ0) is 16.4. The molecule has 1 N–H and O–H groups in total. The topological polar surface area (TPSA) is 46.0 Å². The van der Waals surface area contributed by atoms with Crippen LogP contribution in [0, 0.1) is 10.6 Å². The zero-order valence-electron chi connectivity index (χ0n) is 11.5. The number of aromatic nitrogens is 3. The highest BCUT2D eigenvalue weighted by Crippen LogP contribution is 2.26. The van der Waals surface area contributed by atoms with Crippen LogP contribution in [0.1, 0.15) is 5.56 Å². The first-order valence-corrected chi connectivity index (χ1v) is 7.65. The van der Waals surface area contributed by atoms with E-state index in [4.69, 9.17) is 35.4 Å². The molecule has 0 atom stereocenters. The van der Waals surface area contributed by atoms with Gasteiger partial charge in [0.1, 0.15) is 5.82 Å². The summed E-state index contributed by atoms with van der Waals surface area (Å²) in [7, 11) is 0. The molecule has 0 aliphatic heterocycles. The van der Waals surface area contributed by atoms with Crippen molar-refractivity contribution >= 4 is 41.6 Å². The largest absolute Gasteiger partial charge is 0.250 e. The van der Waals surface area contributed by atoms with Gasteiger partial charge < -0.3 is 0 Å². The van der Waals surface area contributed by atoms with Crippen LogP contribution >= 0.6 is 35.4 Å². The number of halogens is 3. The van der Waals surface area contributed by atoms with E-state index in [1.165, 1.54) is 23.0 Å². The number of rotatable bonds is 3. The van der Waals surface area contributed by atoms with E-state index in [0.717, 1.165) is 0 Å². The van der Waals surface area contributed by atoms with Gasteiger partial charge in [0.2, 0.25) is 4.77 Å². The molecule has 0 radical (unpaired) electrons. The van der Waals surface area contributed by atoms with Crippen LogP contribution in [0.3, 0.4) is 0 Å². The molecule has 4 nitrogen and oxygen atoms in total. The third-order valence-electron chi connectivity index (χ3n) is 3.07. The Labute approximate surface area is 146 Å². The number of H-pyrrole nitrogens is 1. The maximum atomic E-state index is 13.8. The van der Waals surface area contributed by atoms with Gasteiger partial charge in [-0.1, -0.05) is 41.4 Å². The third kappa shape index (κ3) is 3.19. The minimum atomic E-state index is -0.476. The van der Waals surface area contributed by atoms with Crippen molar-refractivity contribution in [3.63, 3.8) is 0 Å². The molecule has 0 amide bonds. The summed E-state index contributed by atoms with van der Waals surface area (Å²) in [6.45, 7) is 0. The average molecular weight is 367 g/mol. The highest BCUT2D eigenvalue weighted by atomic mass is 35.5. The van der Waals surface area contributed by atoms with Gasteiger partial charge in [0.15, 0.2) is 5.82 Å². The molecular formula is C15H9Cl2FN4S. The second kappa shape index (κ2) is 6.62. The lowest BCUT2D eigenvalue weighted by molar-refractivity contribution is 0.625. The van der Waals surface area contributed by atoms with Gasteiger partial charge in [-0.05, 0) is 36.5 Å². The zero-order valence-corrected chi connectivity index (χ0v) is 13.8. The predicted octanol–water partition coefficient (Wildman–Crippen LogP) is 4.94. The van der Waals surface area contributed by atoms with Crippen molar-refractivity contribution in [1.82, 2.24) is 14.9 Å². The van der Waals surface area contributed by atoms with Crippen molar-refractivity contribution in [2.45, 2.75) is 0 Å². The van der Waals surface area contributed by atoms with E-state index in [-0.39, 0.29) is 15.4 Å². The van der Waals surface area contributed by atoms with Crippen LogP contribution in [0.15, 0.2) is 47.6 Å². The summed E-state index contributed by atoms with van der Waals surface area (Å²) in [6.07, 6.45) is 1.29. The molecule has 116 valence electrons. The molecule has 8 heteroatoms. The average Bonchev–Trinajstić information content (AvgIpc) is 2.88. The standard InChI is InChI=1S/C15H9Cl2FN4S/c16-11-5-2-1-4-9(11)14-20-21-15(23)22(14)19-8-10-12(17)6-3-7-13(10)18/h1-8H,(H,21,23). The van der Waals surface area contributed by atoms with Crippen LogP contribution in [0.4, 0.5) is 4.39 Å². The lowest BCUT2D eigenvalue weighted by Gasteiger charge is -2.03. The normalized spacial score (nSPS) is 11.3. The molecule has 0 saturated carbocycles. The van der Waals surface area contributed by atoms with E-state index in [0.29, 0.717) is 16.4 Å². The minimum absolute atomic E-state index is 0.169. The fourth-order valence-electron chi connectivity index (χ4n) is 1.97. The Morgan fingerprint density at radius 2 is 1.87 bits per heavy atom. The molecule has 0 fully saturated rings. The summed E-state index contributed by atoms with van der Waals surface area (Å²) < 4.78 is 15.4. The van der Waals surface area contributed by atoms with E-state index >= 15 is 0 Å². The highest BCUT2D eigenvalue weighted by Gasteiger charge is 2.11. The smallest absolute Gasteiger partial charge is 0.216 e. The molecule has 0 bridgehead atoms. The molecule has 2 aromatic carbocycles. The molecule has 0 aliphatic carbocycles. The van der Waals surface area contributed by atoms with Crippen molar-refractivity contribution in [3.8, 4) is 11.4 Å². The third-order valence-corrected chi connectivity index (χ3v) is 3.99. The Hall–Kier alpha value is -2.02. The molecule has 23 heavy (non-hydrogen) atoms. The molecule has 0 aliphatic rings. The summed E-state index contributed by atoms with van der Waals surface area (Å²) in [4.78, 5) is 0. The number of aromatic amines is 1. The Morgan fingerprint density at radius 3 is 2.61 bits per heavy atom. The summed E-state index contributed by atoms with van der Waals surface area (Å²) in [5.74, 6) is -0.0557. The molecule has 1 aromatic heterocycles. The maximum absolute atomic E-state index is 13.8. The van der Waals surface area contributed by atoms with Crippen molar-refractivity contribution in [1.29, 1.82) is 0 Å². The Morgan fingerprint density at radius 1 is 1.13 bits per heavy atom. The van der Waals surface area contributed by atoms with Gasteiger partial charge in [-0.25, -0.2) is 9.49 Å². The summed E-state index contributed by atoms with van der Waals surface area (Å²) >= 11 is 17.3. The van der Waals surface area contributed by atoms with E-state index < -0.39 is 5.82 Å². The molecule has 0 spiro atoms. The Kier molecular flexibility index (Phi) is 4.56. The van der Waals surface area contributed by atoms with E-state index in [1.807, 2.05) is 6.07 Å². The monoisotopic (exact) mass is 366 g/mol. The Bertz CT molecular complexity index is 928. The van der Waals surface area contributed by atoms with E-state index in [2.05, 4.69) is 15.3 Å². The van der Waals surface area contributed by atoms with Gasteiger partial charge in [-0.15, -0.1) is 0 Å². The van der Waals surface area contributed by atoms with Gasteiger partial charge in [-0.2, -0.15) is 14.9 Å². The summed E-state index contributed by atoms with van der Waals surface area (Å²) in [5, 5.41) is 11.7. The first kappa shape index (κ1) is 15.9. The second-order valence-electron chi connectivity index (χ2n) is 4.52. The first-order valence-electron chi connectivity index (χ1n) is 6.48. The molecule has 0 unspecified atom stereocenters. The van der Waals surface area contributed by atoms with Gasteiger partial charge in [0.05, 0.1) is 16.3 Å². The maximum Gasteiger partial charge on any atom is 0.216 e. The highest BCUT2D eigenvalue weighted by molar-refractivity contribution is 7.71. The van der Waals surface area contributed by atoms with Crippen LogP contribution in [0.25, 0.3) is 11.4 Å². The molecule has 3 rings (SSSR count). The van der Waals surface area contributed by atoms with Gasteiger partial charge in [-0.3, -0.25) is 0 Å². The molecule has 3 aromatic rings. The lowest BCUT2D eigenvalue weighted by Crippen LogP contribution is -1.97. The van der Waals surface area contributed by atoms with Crippen LogP contribution in [-0.4, -0.2) is 21.1 Å². The van der Waals surface area contributed by atoms with Crippen LogP contribution < -0.4 is 0 Å². The van der Waals surface area contributed by atoms with Gasteiger partial charge in [0, 0.05) is 11.1 Å². The van der Waals surface area contributed by atoms with Crippen molar-refractivity contribution in [2.24, 2.45) is 5.10 Å². The number of hydrogen-bond acceptors (Lipinski definition) is 3. The predicted molar refractivity (Wildman–Crippen MR) is 92.3 cm³/mol. The second-order valence-corrected chi connectivity index (χ2v) is 5.73. The van der Waals surface area contributed by atoms with Crippen molar-refractivity contribution < 1.29 is 4.39 Å². The number of hydrogen-bond donors (Lipinski definition) is 1. The van der Waals surface area contributed by atoms with Crippen LogP contribution in [-0.2, 0) is 0 Å². The molecule has 0 saturated heterocycles. The van der Waals surface area contributed by atoms with E-state index in [9.17, 15) is 4.39 Å². The number of nitrogens with zero attached hydrogens (tertiary/aromatic N) is 3. The number of benzene rings is 2. The van der Waals surface area contributed by atoms with Gasteiger partial charge in [0.25, 0.3) is 0 Å². The molecule has 1 heterocycles. The number of nitrogens with one attached hydrogen (secondary N) is 1. The van der Waals surface area contributed by atoms with Crippen molar-refractivity contribution in [2.75, 3.05) is 0 Å². The van der Waals surface area contributed by atoms with E-state index in [1.54, 1.807) is 24.3 Å². The minimum Gasteiger partial charge on any atom is -0.250 e.